The number of hydrogen-bond donors (Lipinski definition) is 0. The van der Waals surface area contributed by atoms with E-state index in [1.807, 2.05) is 36.4 Å². The highest BCUT2D eigenvalue weighted by Crippen LogP contribution is 2.42. The maximum Gasteiger partial charge on any atom is 0.271 e. The number of nitrogens with zero attached hydrogens (tertiary/aromatic N) is 2. The molecule has 44 heavy (non-hydrogen) atoms. The maximum absolute atomic E-state index is 14.1. The highest BCUT2D eigenvalue weighted by atomic mass is 32.1. The zero-order valence-corrected chi connectivity index (χ0v) is 25.9. The lowest BCUT2D eigenvalue weighted by molar-refractivity contribution is 0.354. The Morgan fingerprint density at radius 2 is 1.43 bits per heavy atom. The minimum atomic E-state index is -0.386. The summed E-state index contributed by atoms with van der Waals surface area (Å²) in [4.78, 5) is 19.9. The van der Waals surface area contributed by atoms with E-state index >= 15 is 0 Å². The molecule has 4 aromatic rings. The number of methoxy groups -OCH3 is 4. The molecule has 0 radical (unpaired) electrons. The van der Waals surface area contributed by atoms with Gasteiger partial charge in [-0.15, -0.1) is 0 Å². The van der Waals surface area contributed by atoms with E-state index in [0.717, 1.165) is 59.2 Å². The lowest BCUT2D eigenvalue weighted by atomic mass is 9.91. The average Bonchev–Trinajstić information content (AvgIpc) is 3.22. The fourth-order valence-electron chi connectivity index (χ4n) is 5.90. The second-order valence-electron chi connectivity index (χ2n) is 10.6. The number of fused-ring (bicyclic) bond motifs is 1. The molecule has 9 heteroatoms. The van der Waals surface area contributed by atoms with Crippen molar-refractivity contribution in [2.45, 2.75) is 31.7 Å². The van der Waals surface area contributed by atoms with Crippen LogP contribution in [0.15, 0.2) is 87.3 Å². The highest BCUT2D eigenvalue weighted by molar-refractivity contribution is 7.07. The van der Waals surface area contributed by atoms with Gasteiger partial charge >= 0.3 is 0 Å². The standard InChI is InChI=1S/C35H33FN2O5S/c1-40-27-15-11-22(18-29(27)42-3)17-23-7-5-6-8-26-32(23)37-35-38(33(26)24-12-16-28(41-2)30(20-24)43-4)34(39)31(44-35)19-21-9-13-25(36)14-10-21/h9-20,33H,5-8H2,1-4H3/b23-17+,31-19-. The summed E-state index contributed by atoms with van der Waals surface area (Å²) in [6.07, 6.45) is 7.55. The van der Waals surface area contributed by atoms with E-state index in [9.17, 15) is 9.18 Å². The number of benzene rings is 3. The maximum atomic E-state index is 14.1. The molecule has 0 N–H and O–H groups in total. The molecule has 0 amide bonds. The van der Waals surface area contributed by atoms with Gasteiger partial charge in [0.2, 0.25) is 0 Å². The third-order valence-corrected chi connectivity index (χ3v) is 9.01. The summed E-state index contributed by atoms with van der Waals surface area (Å²) in [5.41, 5.74) is 5.59. The first-order valence-electron chi connectivity index (χ1n) is 14.4. The fraction of sp³-hybridized carbons (Fsp3) is 0.257. The Morgan fingerprint density at radius 3 is 2.14 bits per heavy atom. The summed E-state index contributed by atoms with van der Waals surface area (Å²) in [6, 6.07) is 17.4. The van der Waals surface area contributed by atoms with Crippen molar-refractivity contribution in [3.63, 3.8) is 0 Å². The van der Waals surface area contributed by atoms with E-state index in [4.69, 9.17) is 23.9 Å². The normalized spacial score (nSPS) is 17.4. The molecule has 1 aromatic heterocycles. The van der Waals surface area contributed by atoms with Crippen molar-refractivity contribution < 1.29 is 23.3 Å². The number of allylic oxidation sites excluding steroid dienone is 2. The van der Waals surface area contributed by atoms with Crippen molar-refractivity contribution in [1.82, 2.24) is 4.57 Å². The molecule has 2 heterocycles. The van der Waals surface area contributed by atoms with Crippen LogP contribution in [0.2, 0.25) is 0 Å². The second-order valence-corrected chi connectivity index (χ2v) is 11.6. The Balaban J connectivity index is 1.59. The Bertz CT molecular complexity index is 1960. The van der Waals surface area contributed by atoms with Crippen LogP contribution >= 0.6 is 11.3 Å². The lowest BCUT2D eigenvalue weighted by Crippen LogP contribution is -2.38. The average molecular weight is 613 g/mol. The van der Waals surface area contributed by atoms with Crippen LogP contribution in [-0.4, -0.2) is 33.0 Å². The molecular weight excluding hydrogens is 579 g/mol. The van der Waals surface area contributed by atoms with E-state index in [-0.39, 0.29) is 17.4 Å². The number of hydrogen-bond acceptors (Lipinski definition) is 7. The Hall–Kier alpha value is -4.63. The quantitative estimate of drug-likeness (QED) is 0.254. The van der Waals surface area contributed by atoms with E-state index in [2.05, 4.69) is 6.08 Å². The minimum Gasteiger partial charge on any atom is -0.493 e. The largest absolute Gasteiger partial charge is 0.493 e. The molecule has 1 atom stereocenters. The topological polar surface area (TPSA) is 71.3 Å². The third-order valence-electron chi connectivity index (χ3n) is 8.02. The van der Waals surface area contributed by atoms with Gasteiger partial charge in [-0.3, -0.25) is 9.36 Å². The molecule has 0 saturated heterocycles. The molecular formula is C35H33FN2O5S. The summed E-state index contributed by atoms with van der Waals surface area (Å²) in [5.74, 6) is 2.20. The zero-order valence-electron chi connectivity index (χ0n) is 25.1. The van der Waals surface area contributed by atoms with Crippen molar-refractivity contribution in [3.05, 3.63) is 120 Å². The molecule has 1 unspecified atom stereocenters. The number of halogens is 1. The second kappa shape index (κ2) is 12.5. The molecule has 0 bridgehead atoms. The van der Waals surface area contributed by atoms with Crippen LogP contribution in [-0.2, 0) is 0 Å². The zero-order chi connectivity index (χ0) is 30.8. The van der Waals surface area contributed by atoms with Crippen LogP contribution in [0.1, 0.15) is 48.4 Å². The van der Waals surface area contributed by atoms with E-state index in [1.54, 1.807) is 51.2 Å². The first kappa shape index (κ1) is 29.4. The molecule has 1 aliphatic carbocycles. The minimum absolute atomic E-state index is 0.140. The summed E-state index contributed by atoms with van der Waals surface area (Å²) < 4.78 is 38.1. The van der Waals surface area contributed by atoms with Crippen molar-refractivity contribution >= 4 is 23.5 Å². The highest BCUT2D eigenvalue weighted by Gasteiger charge is 2.32. The Morgan fingerprint density at radius 1 is 0.795 bits per heavy atom. The van der Waals surface area contributed by atoms with E-state index in [0.29, 0.717) is 32.3 Å². The number of thiazole rings is 1. The van der Waals surface area contributed by atoms with Gasteiger partial charge in [0.25, 0.3) is 5.56 Å². The number of ether oxygens (including phenoxy) is 4. The van der Waals surface area contributed by atoms with Crippen molar-refractivity contribution in [3.8, 4) is 23.0 Å². The van der Waals surface area contributed by atoms with Gasteiger partial charge in [0, 0.05) is 0 Å². The fourth-order valence-corrected chi connectivity index (χ4v) is 6.90. The van der Waals surface area contributed by atoms with Gasteiger partial charge in [0.1, 0.15) is 5.82 Å². The summed E-state index contributed by atoms with van der Waals surface area (Å²) >= 11 is 1.34. The lowest BCUT2D eigenvalue weighted by Gasteiger charge is -2.27. The predicted octanol–water partition coefficient (Wildman–Crippen LogP) is 6.05. The molecule has 1 aliphatic heterocycles. The van der Waals surface area contributed by atoms with Gasteiger partial charge in [0.15, 0.2) is 27.8 Å². The van der Waals surface area contributed by atoms with Crippen LogP contribution in [0.4, 0.5) is 4.39 Å². The monoisotopic (exact) mass is 612 g/mol. The smallest absolute Gasteiger partial charge is 0.271 e. The first-order chi connectivity index (χ1) is 21.4. The molecule has 7 nitrogen and oxygen atoms in total. The van der Waals surface area contributed by atoms with E-state index in [1.165, 1.54) is 23.5 Å². The summed E-state index contributed by atoms with van der Waals surface area (Å²) in [7, 11) is 6.46. The van der Waals surface area contributed by atoms with Crippen LogP contribution in [0.5, 0.6) is 23.0 Å². The van der Waals surface area contributed by atoms with Crippen molar-refractivity contribution in [1.29, 1.82) is 0 Å². The van der Waals surface area contributed by atoms with Crippen LogP contribution in [0, 0.1) is 5.82 Å². The molecule has 0 fully saturated rings. The van der Waals surface area contributed by atoms with Crippen LogP contribution in [0.3, 0.4) is 0 Å². The van der Waals surface area contributed by atoms with Gasteiger partial charge in [-0.05, 0) is 102 Å². The molecule has 2 aliphatic rings. The van der Waals surface area contributed by atoms with Crippen LogP contribution in [0.25, 0.3) is 12.2 Å². The predicted molar refractivity (Wildman–Crippen MR) is 170 cm³/mol. The van der Waals surface area contributed by atoms with Gasteiger partial charge in [-0.25, -0.2) is 9.38 Å². The van der Waals surface area contributed by atoms with Crippen molar-refractivity contribution in [2.24, 2.45) is 4.99 Å². The summed E-state index contributed by atoms with van der Waals surface area (Å²) in [6.45, 7) is 0. The molecule has 3 aromatic carbocycles. The Labute approximate surface area is 258 Å². The van der Waals surface area contributed by atoms with E-state index < -0.39 is 0 Å². The molecule has 6 rings (SSSR count). The Kier molecular flexibility index (Phi) is 8.39. The van der Waals surface area contributed by atoms with Gasteiger partial charge < -0.3 is 18.9 Å². The summed E-state index contributed by atoms with van der Waals surface area (Å²) in [5, 5.41) is 0. The van der Waals surface area contributed by atoms with Gasteiger partial charge in [-0.2, -0.15) is 0 Å². The first-order valence-corrected chi connectivity index (χ1v) is 15.2. The number of aromatic nitrogens is 1. The molecule has 226 valence electrons. The van der Waals surface area contributed by atoms with Gasteiger partial charge in [0.05, 0.1) is 44.7 Å². The molecule has 0 saturated carbocycles. The van der Waals surface area contributed by atoms with Crippen molar-refractivity contribution in [2.75, 3.05) is 28.4 Å². The molecule has 0 spiro atoms. The third kappa shape index (κ3) is 5.55. The number of rotatable bonds is 7. The SMILES string of the molecule is COc1ccc(/C=C2\CCCCC3=C2N=c2s/c(=C\c4ccc(F)cc4)c(=O)n2C3c2ccc(OC)c(OC)c2)cc1OC. The van der Waals surface area contributed by atoms with Crippen LogP contribution < -0.4 is 33.8 Å². The van der Waals surface area contributed by atoms with Gasteiger partial charge in [-0.1, -0.05) is 35.6 Å².